The minimum atomic E-state index is -6.00. The predicted molar refractivity (Wildman–Crippen MR) is 101 cm³/mol. The molecule has 0 amide bonds. The van der Waals surface area contributed by atoms with Gasteiger partial charge >= 0.3 is 7.25 Å². The smallest absolute Gasteiger partial charge is 0.464 e. The SMILES string of the molecule is CC1=c2cc3c4c(c2OC=C1)C(CC(C)C)CC[N+]=4CCC3.F[B-](F)(F)F. The van der Waals surface area contributed by atoms with Crippen molar-refractivity contribution in [2.75, 3.05) is 13.1 Å². The van der Waals surface area contributed by atoms with Crippen LogP contribution in [0.2, 0.25) is 0 Å². The predicted octanol–water partition coefficient (Wildman–Crippen LogP) is 4.03. The topological polar surface area (TPSA) is 12.2 Å². The van der Waals surface area contributed by atoms with Gasteiger partial charge in [-0.2, -0.15) is 0 Å². The summed E-state index contributed by atoms with van der Waals surface area (Å²) in [4.78, 5) is 0. The molecule has 3 aliphatic heterocycles. The largest absolute Gasteiger partial charge is 0.673 e. The Bertz CT molecular complexity index is 867. The van der Waals surface area contributed by atoms with Gasteiger partial charge < -0.3 is 22.0 Å². The number of nitrogens with zero attached hydrogens (tertiary/aromatic N) is 1. The summed E-state index contributed by atoms with van der Waals surface area (Å²) >= 11 is 0. The Kier molecular flexibility index (Phi) is 5.68. The van der Waals surface area contributed by atoms with E-state index in [1.807, 2.05) is 6.26 Å². The van der Waals surface area contributed by atoms with Crippen molar-refractivity contribution in [2.24, 2.45) is 5.92 Å². The zero-order valence-electron chi connectivity index (χ0n) is 16.1. The number of allylic oxidation sites excluding steroid dienone is 1. The number of fused-ring (bicyclic) bond motifs is 2. The van der Waals surface area contributed by atoms with Gasteiger partial charge in [0.15, 0.2) is 0 Å². The Morgan fingerprint density at radius 1 is 1.22 bits per heavy atom. The van der Waals surface area contributed by atoms with Crippen molar-refractivity contribution < 1.29 is 22.0 Å². The van der Waals surface area contributed by atoms with Crippen LogP contribution in [0.15, 0.2) is 18.4 Å². The van der Waals surface area contributed by atoms with Crippen molar-refractivity contribution in [3.8, 4) is 5.75 Å². The molecule has 0 aromatic heterocycles. The van der Waals surface area contributed by atoms with Gasteiger partial charge in [0.1, 0.15) is 18.8 Å². The van der Waals surface area contributed by atoms with Crippen molar-refractivity contribution in [1.82, 2.24) is 4.58 Å². The maximum absolute atomic E-state index is 9.75. The quantitative estimate of drug-likeness (QED) is 0.427. The van der Waals surface area contributed by atoms with Crippen LogP contribution in [0.25, 0.3) is 5.57 Å². The number of ether oxygens (including phenoxy) is 1. The summed E-state index contributed by atoms with van der Waals surface area (Å²) in [5.41, 5.74) is 4.40. The maximum Gasteiger partial charge on any atom is 0.673 e. The molecule has 3 heterocycles. The third-order valence-corrected chi connectivity index (χ3v) is 5.40. The van der Waals surface area contributed by atoms with E-state index in [2.05, 4.69) is 37.5 Å². The van der Waals surface area contributed by atoms with Gasteiger partial charge in [-0.1, -0.05) is 13.8 Å². The molecule has 4 rings (SSSR count). The summed E-state index contributed by atoms with van der Waals surface area (Å²) in [6.45, 7) is 9.32. The van der Waals surface area contributed by atoms with Gasteiger partial charge in [-0.25, -0.2) is 4.58 Å². The standard InChI is InChI=1S/C20H26NO.BF4/c1-13(2)11-15-6-9-21-8-4-5-16-12-17-14(3)7-10-22-20(17)18(15)19(16)21;2-1(3,4)5/h7,10,12-13,15H,4-6,8-9,11H2,1-3H3;/q+1;-1. The van der Waals surface area contributed by atoms with Gasteiger partial charge in [0, 0.05) is 29.5 Å². The first-order chi connectivity index (χ1) is 12.6. The Balaban J connectivity index is 0.000000376. The highest BCUT2D eigenvalue weighted by atomic mass is 19.5. The number of hydrogen-bond acceptors (Lipinski definition) is 1. The maximum atomic E-state index is 9.75. The van der Waals surface area contributed by atoms with Gasteiger partial charge in [0.05, 0.1) is 11.8 Å². The monoisotopic (exact) mass is 383 g/mol. The molecule has 0 radical (unpaired) electrons. The van der Waals surface area contributed by atoms with Crippen molar-refractivity contribution in [1.29, 1.82) is 0 Å². The van der Waals surface area contributed by atoms with Crippen molar-refractivity contribution in [2.45, 2.75) is 52.4 Å². The second-order valence-electron chi connectivity index (χ2n) is 7.98. The minimum absolute atomic E-state index is 0.650. The number of aryl methyl sites for hydroxylation is 1. The fraction of sp³-hybridized carbons (Fsp3) is 0.550. The molecule has 1 unspecified atom stereocenters. The van der Waals surface area contributed by atoms with Crippen molar-refractivity contribution >= 4 is 12.8 Å². The highest BCUT2D eigenvalue weighted by molar-refractivity contribution is 6.50. The van der Waals surface area contributed by atoms with Gasteiger partial charge in [-0.15, -0.1) is 0 Å². The van der Waals surface area contributed by atoms with E-state index in [4.69, 9.17) is 4.74 Å². The lowest BCUT2D eigenvalue weighted by Gasteiger charge is -2.28. The van der Waals surface area contributed by atoms with E-state index >= 15 is 0 Å². The van der Waals surface area contributed by atoms with Crippen LogP contribution < -0.4 is 19.9 Å². The number of hydrogen-bond donors (Lipinski definition) is 0. The summed E-state index contributed by atoms with van der Waals surface area (Å²) in [6.07, 6.45) is 9.01. The van der Waals surface area contributed by atoms with Crippen LogP contribution in [0.1, 0.15) is 57.1 Å². The van der Waals surface area contributed by atoms with E-state index in [1.54, 1.807) is 5.56 Å². The van der Waals surface area contributed by atoms with Crippen molar-refractivity contribution in [3.05, 3.63) is 40.1 Å². The average molecular weight is 383 g/mol. The van der Waals surface area contributed by atoms with E-state index in [0.29, 0.717) is 5.92 Å². The first-order valence-electron chi connectivity index (χ1n) is 9.64. The molecule has 148 valence electrons. The lowest BCUT2D eigenvalue weighted by Crippen LogP contribution is -2.46. The summed E-state index contributed by atoms with van der Waals surface area (Å²) in [7, 11) is -6.00. The molecular weight excluding hydrogens is 357 g/mol. The second-order valence-corrected chi connectivity index (χ2v) is 7.98. The van der Waals surface area contributed by atoms with Crippen molar-refractivity contribution in [3.63, 3.8) is 0 Å². The molecule has 0 N–H and O–H groups in total. The number of rotatable bonds is 2. The highest BCUT2D eigenvalue weighted by Gasteiger charge is 2.34. The molecule has 0 spiro atoms. The fourth-order valence-corrected chi connectivity index (χ4v) is 4.45. The van der Waals surface area contributed by atoms with Crippen LogP contribution in [-0.4, -0.2) is 20.3 Å². The van der Waals surface area contributed by atoms with Crippen LogP contribution >= 0.6 is 0 Å². The minimum Gasteiger partial charge on any atom is -0.464 e. The molecule has 2 nitrogen and oxygen atoms in total. The summed E-state index contributed by atoms with van der Waals surface area (Å²) in [5, 5.41) is 2.85. The lowest BCUT2D eigenvalue weighted by atomic mass is 9.81. The molecular formula is C20H26BF4NO. The molecule has 0 saturated carbocycles. The summed E-state index contributed by atoms with van der Waals surface area (Å²) < 4.78 is 47.7. The summed E-state index contributed by atoms with van der Waals surface area (Å²) in [5.74, 6) is 2.53. The van der Waals surface area contributed by atoms with E-state index in [-0.39, 0.29) is 0 Å². The molecule has 0 fully saturated rings. The molecule has 0 bridgehead atoms. The zero-order chi connectivity index (χ0) is 19.8. The molecule has 0 saturated heterocycles. The third kappa shape index (κ3) is 4.56. The van der Waals surface area contributed by atoms with Crippen LogP contribution in [0.5, 0.6) is 5.75 Å². The summed E-state index contributed by atoms with van der Waals surface area (Å²) in [6, 6.07) is 2.40. The normalized spacial score (nSPS) is 20.5. The van der Waals surface area contributed by atoms with E-state index in [0.717, 1.165) is 11.7 Å². The first-order valence-corrected chi connectivity index (χ1v) is 9.64. The van der Waals surface area contributed by atoms with Crippen LogP contribution in [0.3, 0.4) is 0 Å². The van der Waals surface area contributed by atoms with Gasteiger partial charge in [-0.05, 0) is 43.4 Å². The lowest BCUT2D eigenvalue weighted by molar-refractivity contribution is 0.368. The van der Waals surface area contributed by atoms with Crippen LogP contribution in [0.4, 0.5) is 17.3 Å². The number of halogens is 4. The first kappa shape index (κ1) is 20.0. The second kappa shape index (κ2) is 7.68. The molecule has 1 atom stereocenters. The number of benzene rings is 1. The fourth-order valence-electron chi connectivity index (χ4n) is 4.45. The third-order valence-electron chi connectivity index (χ3n) is 5.40. The molecule has 7 heteroatoms. The van der Waals surface area contributed by atoms with Gasteiger partial charge in [0.2, 0.25) is 5.36 Å². The average Bonchev–Trinajstić information content (AvgIpc) is 2.56. The highest BCUT2D eigenvalue weighted by Crippen LogP contribution is 2.33. The Hall–Kier alpha value is -1.79. The van der Waals surface area contributed by atoms with E-state index in [1.165, 1.54) is 60.5 Å². The van der Waals surface area contributed by atoms with Gasteiger partial charge in [-0.3, -0.25) is 0 Å². The zero-order valence-corrected chi connectivity index (χ0v) is 16.1. The van der Waals surface area contributed by atoms with Crippen LogP contribution in [-0.2, 0) is 6.42 Å². The Labute approximate surface area is 157 Å². The molecule has 1 aromatic rings. The van der Waals surface area contributed by atoms with E-state index < -0.39 is 7.25 Å². The molecule has 3 aliphatic rings. The van der Waals surface area contributed by atoms with Crippen LogP contribution in [0, 0.1) is 5.92 Å². The van der Waals surface area contributed by atoms with Gasteiger partial charge in [0.25, 0.3) is 0 Å². The molecule has 1 aromatic carbocycles. The Morgan fingerprint density at radius 3 is 2.59 bits per heavy atom. The Morgan fingerprint density at radius 2 is 1.93 bits per heavy atom. The molecule has 0 aliphatic carbocycles. The molecule has 27 heavy (non-hydrogen) atoms. The van der Waals surface area contributed by atoms with E-state index in [9.17, 15) is 17.3 Å².